The highest BCUT2D eigenvalue weighted by atomic mass is 35.5. The highest BCUT2D eigenvalue weighted by Gasteiger charge is 2.03. The molecule has 0 fully saturated rings. The van der Waals surface area contributed by atoms with Crippen molar-refractivity contribution in [2.45, 2.75) is 6.54 Å². The van der Waals surface area contributed by atoms with Crippen LogP contribution in [-0.4, -0.2) is 11.3 Å². The summed E-state index contributed by atoms with van der Waals surface area (Å²) in [5.41, 5.74) is 9.65. The van der Waals surface area contributed by atoms with Gasteiger partial charge in [0, 0.05) is 11.6 Å². The Morgan fingerprint density at radius 2 is 2.00 bits per heavy atom. The van der Waals surface area contributed by atoms with Crippen LogP contribution in [0.3, 0.4) is 0 Å². The number of hydrogen-bond acceptors (Lipinski definition) is 3. The molecular weight excluding hydrogens is 323 g/mol. The van der Waals surface area contributed by atoms with Crippen molar-refractivity contribution in [3.63, 3.8) is 0 Å². The molecule has 114 valence electrons. The molecule has 0 heterocycles. The van der Waals surface area contributed by atoms with Crippen molar-refractivity contribution in [2.24, 2.45) is 10.8 Å². The van der Waals surface area contributed by atoms with Gasteiger partial charge in [-0.3, -0.25) is 5.43 Å². The molecule has 0 bridgehead atoms. The van der Waals surface area contributed by atoms with Crippen LogP contribution in [0, 0.1) is 5.82 Å². The van der Waals surface area contributed by atoms with Crippen molar-refractivity contribution in [1.29, 1.82) is 0 Å². The van der Waals surface area contributed by atoms with E-state index in [0.29, 0.717) is 22.8 Å². The van der Waals surface area contributed by atoms with E-state index in [2.05, 4.69) is 28.1 Å². The van der Waals surface area contributed by atoms with Crippen LogP contribution in [0.4, 0.5) is 10.1 Å². The Morgan fingerprint density at radius 3 is 2.64 bits per heavy atom. The fourth-order valence-electron chi connectivity index (χ4n) is 1.72. The summed E-state index contributed by atoms with van der Waals surface area (Å²) in [7, 11) is 0. The van der Waals surface area contributed by atoms with E-state index < -0.39 is 0 Å². The summed E-state index contributed by atoms with van der Waals surface area (Å²) in [5.74, 6) is -0.367. The summed E-state index contributed by atoms with van der Waals surface area (Å²) in [5, 5.41) is 7.53. The summed E-state index contributed by atoms with van der Waals surface area (Å²) < 4.78 is 14.0. The van der Waals surface area contributed by atoms with Crippen LogP contribution >= 0.6 is 23.8 Å². The molecule has 0 radical (unpaired) electrons. The van der Waals surface area contributed by atoms with Gasteiger partial charge in [0.2, 0.25) is 0 Å². The van der Waals surface area contributed by atoms with E-state index in [0.717, 1.165) is 5.56 Å². The van der Waals surface area contributed by atoms with Crippen LogP contribution in [0.2, 0.25) is 5.02 Å². The predicted molar refractivity (Wildman–Crippen MR) is 92.7 cm³/mol. The number of rotatable bonds is 5. The first kappa shape index (κ1) is 16.2. The van der Waals surface area contributed by atoms with Crippen LogP contribution in [0.1, 0.15) is 11.1 Å². The van der Waals surface area contributed by atoms with E-state index in [1.54, 1.807) is 24.3 Å². The second-order valence-corrected chi connectivity index (χ2v) is 5.33. The first-order chi connectivity index (χ1) is 10.5. The number of anilines is 1. The normalized spacial score (nSPS) is 10.6. The quantitative estimate of drug-likeness (QED) is 0.445. The summed E-state index contributed by atoms with van der Waals surface area (Å²) >= 11 is 10.4. The fourth-order valence-corrected chi connectivity index (χ4v) is 1.90. The van der Waals surface area contributed by atoms with Gasteiger partial charge in [0.25, 0.3) is 0 Å². The SMILES string of the molecule is NC(=S)NN=Cc1ccc(NCc2ccc(Cl)cc2)c(F)c1. The fraction of sp³-hybridized carbons (Fsp3) is 0.0667. The summed E-state index contributed by atoms with van der Waals surface area (Å²) in [6.45, 7) is 0.504. The lowest BCUT2D eigenvalue weighted by molar-refractivity contribution is 0.630. The van der Waals surface area contributed by atoms with Gasteiger partial charge in [-0.1, -0.05) is 29.8 Å². The number of benzene rings is 2. The van der Waals surface area contributed by atoms with Crippen LogP contribution < -0.4 is 16.5 Å². The molecule has 0 aliphatic heterocycles. The van der Waals surface area contributed by atoms with Crippen molar-refractivity contribution in [1.82, 2.24) is 5.43 Å². The topological polar surface area (TPSA) is 62.4 Å². The standard InChI is InChI=1S/C15H14ClFN4S/c16-12-4-1-10(2-5-12)8-19-14-6-3-11(7-13(14)17)9-20-21-15(18)22/h1-7,9,19H,8H2,(H3,18,21,22). The molecule has 0 spiro atoms. The number of halogens is 2. The Kier molecular flexibility index (Phi) is 5.68. The van der Waals surface area contributed by atoms with E-state index in [1.165, 1.54) is 12.3 Å². The summed E-state index contributed by atoms with van der Waals surface area (Å²) in [6, 6.07) is 12.1. The molecule has 0 aromatic heterocycles. The van der Waals surface area contributed by atoms with E-state index in [-0.39, 0.29) is 10.9 Å². The molecule has 0 aliphatic rings. The van der Waals surface area contributed by atoms with E-state index >= 15 is 0 Å². The molecule has 0 saturated heterocycles. The maximum atomic E-state index is 14.0. The Balaban J connectivity index is 1.98. The minimum absolute atomic E-state index is 0.0537. The number of nitrogens with one attached hydrogen (secondary N) is 2. The number of nitrogens with two attached hydrogens (primary N) is 1. The third kappa shape index (κ3) is 4.98. The maximum Gasteiger partial charge on any atom is 0.184 e. The molecular formula is C15H14ClFN4S. The molecule has 0 aliphatic carbocycles. The highest BCUT2D eigenvalue weighted by molar-refractivity contribution is 7.80. The lowest BCUT2D eigenvalue weighted by Crippen LogP contribution is -2.23. The first-order valence-electron chi connectivity index (χ1n) is 6.41. The third-order valence-electron chi connectivity index (χ3n) is 2.78. The molecule has 2 rings (SSSR count). The molecule has 0 unspecified atom stereocenters. The third-order valence-corrected chi connectivity index (χ3v) is 3.12. The van der Waals surface area contributed by atoms with Crippen molar-refractivity contribution < 1.29 is 4.39 Å². The summed E-state index contributed by atoms with van der Waals surface area (Å²) in [4.78, 5) is 0. The van der Waals surface area contributed by atoms with Crippen molar-refractivity contribution >= 4 is 40.8 Å². The lowest BCUT2D eigenvalue weighted by Gasteiger charge is -2.08. The van der Waals surface area contributed by atoms with Gasteiger partial charge >= 0.3 is 0 Å². The van der Waals surface area contributed by atoms with Gasteiger partial charge in [-0.25, -0.2) is 4.39 Å². The average molecular weight is 337 g/mol. The zero-order chi connectivity index (χ0) is 15.9. The molecule has 4 N–H and O–H groups in total. The minimum Gasteiger partial charge on any atom is -0.379 e. The van der Waals surface area contributed by atoms with Gasteiger partial charge in [-0.2, -0.15) is 5.10 Å². The number of thiocarbonyl (C=S) groups is 1. The number of hydrazone groups is 1. The van der Waals surface area contributed by atoms with Gasteiger partial charge in [0.1, 0.15) is 5.82 Å². The second-order valence-electron chi connectivity index (χ2n) is 4.45. The van der Waals surface area contributed by atoms with Crippen LogP contribution in [-0.2, 0) is 6.54 Å². The Labute approximate surface area is 138 Å². The van der Waals surface area contributed by atoms with Crippen LogP contribution in [0.25, 0.3) is 0 Å². The molecule has 0 atom stereocenters. The molecule has 2 aromatic rings. The van der Waals surface area contributed by atoms with Crippen LogP contribution in [0.5, 0.6) is 0 Å². The monoisotopic (exact) mass is 336 g/mol. The minimum atomic E-state index is -0.367. The first-order valence-corrected chi connectivity index (χ1v) is 7.19. The number of nitrogens with zero attached hydrogens (tertiary/aromatic N) is 1. The van der Waals surface area contributed by atoms with E-state index in [4.69, 9.17) is 17.3 Å². The van der Waals surface area contributed by atoms with Gasteiger partial charge in [0.15, 0.2) is 5.11 Å². The van der Waals surface area contributed by atoms with E-state index in [9.17, 15) is 4.39 Å². The van der Waals surface area contributed by atoms with E-state index in [1.807, 2.05) is 12.1 Å². The molecule has 7 heteroatoms. The second kappa shape index (κ2) is 7.72. The summed E-state index contributed by atoms with van der Waals surface area (Å²) in [6.07, 6.45) is 1.44. The Bertz CT molecular complexity index is 688. The van der Waals surface area contributed by atoms with Crippen LogP contribution in [0.15, 0.2) is 47.6 Å². The smallest absolute Gasteiger partial charge is 0.184 e. The van der Waals surface area contributed by atoms with Gasteiger partial charge in [-0.15, -0.1) is 0 Å². The molecule has 0 amide bonds. The van der Waals surface area contributed by atoms with Gasteiger partial charge < -0.3 is 11.1 Å². The van der Waals surface area contributed by atoms with Gasteiger partial charge in [0.05, 0.1) is 11.9 Å². The Hall–Kier alpha value is -2.18. The van der Waals surface area contributed by atoms with Crippen molar-refractivity contribution in [3.8, 4) is 0 Å². The van der Waals surface area contributed by atoms with Gasteiger partial charge in [-0.05, 0) is 47.6 Å². The van der Waals surface area contributed by atoms with Crippen molar-refractivity contribution in [3.05, 3.63) is 64.4 Å². The largest absolute Gasteiger partial charge is 0.379 e. The molecule has 22 heavy (non-hydrogen) atoms. The highest BCUT2D eigenvalue weighted by Crippen LogP contribution is 2.17. The molecule has 2 aromatic carbocycles. The number of hydrogen-bond donors (Lipinski definition) is 3. The average Bonchev–Trinajstić information content (AvgIpc) is 2.48. The molecule has 4 nitrogen and oxygen atoms in total. The zero-order valence-corrected chi connectivity index (χ0v) is 13.1. The lowest BCUT2D eigenvalue weighted by atomic mass is 10.2. The molecule has 0 saturated carbocycles. The Morgan fingerprint density at radius 1 is 1.27 bits per heavy atom. The maximum absolute atomic E-state index is 14.0. The van der Waals surface area contributed by atoms with Crippen molar-refractivity contribution in [2.75, 3.05) is 5.32 Å². The predicted octanol–water partition coefficient (Wildman–Crippen LogP) is 3.26. The zero-order valence-electron chi connectivity index (χ0n) is 11.5.